The Bertz CT molecular complexity index is 669. The first-order chi connectivity index (χ1) is 11.9. The summed E-state index contributed by atoms with van der Waals surface area (Å²) >= 11 is 0. The van der Waals surface area contributed by atoms with Crippen LogP contribution in [0.15, 0.2) is 30.4 Å². The fourth-order valence-corrected chi connectivity index (χ4v) is 4.31. The van der Waals surface area contributed by atoms with Crippen LogP contribution in [0.25, 0.3) is 0 Å². The van der Waals surface area contributed by atoms with Crippen molar-refractivity contribution in [2.45, 2.75) is 64.5 Å². The molecule has 1 aromatic rings. The lowest BCUT2D eigenvalue weighted by molar-refractivity contribution is 0.577. The van der Waals surface area contributed by atoms with Crippen molar-refractivity contribution in [3.8, 4) is 0 Å². The zero-order valence-electron chi connectivity index (χ0n) is 16.0. The summed E-state index contributed by atoms with van der Waals surface area (Å²) in [6.45, 7) is 7.78. The number of aryl methyl sites for hydroxylation is 2. The third kappa shape index (κ3) is 6.18. The number of hydrogen-bond acceptors (Lipinski definition) is 3. The molecule has 4 heteroatoms. The summed E-state index contributed by atoms with van der Waals surface area (Å²) in [5.74, 6) is 0.344. The molecule has 1 aliphatic rings. The first kappa shape index (κ1) is 20.0. The smallest absolute Gasteiger partial charge is 0.152 e. The van der Waals surface area contributed by atoms with Gasteiger partial charge in [-0.3, -0.25) is 0 Å². The van der Waals surface area contributed by atoms with Gasteiger partial charge in [0.2, 0.25) is 0 Å². The molecule has 0 bridgehead atoms. The summed E-state index contributed by atoms with van der Waals surface area (Å²) in [6, 6.07) is 6.82. The number of benzene rings is 1. The van der Waals surface area contributed by atoms with Crippen LogP contribution in [0.5, 0.6) is 0 Å². The summed E-state index contributed by atoms with van der Waals surface area (Å²) in [6.07, 6.45) is 10.9. The predicted molar refractivity (Wildman–Crippen MR) is 108 cm³/mol. The Morgan fingerprint density at radius 1 is 1.00 bits per heavy atom. The van der Waals surface area contributed by atoms with E-state index in [0.29, 0.717) is 5.75 Å². The molecular formula is C21H33NO2S. The topological polar surface area (TPSA) is 37.4 Å². The van der Waals surface area contributed by atoms with Crippen LogP contribution in [0.2, 0.25) is 0 Å². The van der Waals surface area contributed by atoms with E-state index >= 15 is 0 Å². The molecule has 0 amide bonds. The zero-order chi connectivity index (χ0) is 18.3. The monoisotopic (exact) mass is 363 g/mol. The van der Waals surface area contributed by atoms with Gasteiger partial charge in [-0.1, -0.05) is 37.5 Å². The van der Waals surface area contributed by atoms with Crippen LogP contribution in [0.4, 0.5) is 5.69 Å². The number of sulfone groups is 1. The molecule has 0 aliphatic carbocycles. The molecule has 140 valence electrons. The largest absolute Gasteiger partial charge is 0.364 e. The number of unbranched alkanes of at least 4 members (excludes halogenated alkanes) is 4. The van der Waals surface area contributed by atoms with Gasteiger partial charge in [-0.05, 0) is 63.3 Å². The average Bonchev–Trinajstić information content (AvgIpc) is 3.09. The molecule has 0 aromatic heterocycles. The molecule has 0 radical (unpaired) electrons. The summed E-state index contributed by atoms with van der Waals surface area (Å²) < 4.78 is 23.5. The molecular weight excluding hydrogens is 330 g/mol. The normalized spacial score (nSPS) is 14.6. The van der Waals surface area contributed by atoms with E-state index in [2.05, 4.69) is 42.2 Å². The van der Waals surface area contributed by atoms with Gasteiger partial charge in [-0.15, -0.1) is 0 Å². The minimum Gasteiger partial charge on any atom is -0.364 e. The minimum atomic E-state index is -2.86. The van der Waals surface area contributed by atoms with Crippen molar-refractivity contribution < 1.29 is 8.42 Å². The molecule has 0 unspecified atom stereocenters. The number of nitrogens with zero attached hydrogens (tertiary/aromatic N) is 1. The minimum absolute atomic E-state index is 0.241. The van der Waals surface area contributed by atoms with E-state index in [1.54, 1.807) is 13.8 Å². The molecule has 0 N–H and O–H groups in total. The van der Waals surface area contributed by atoms with E-state index in [9.17, 15) is 8.42 Å². The van der Waals surface area contributed by atoms with Crippen molar-refractivity contribution in [2.24, 2.45) is 0 Å². The van der Waals surface area contributed by atoms with Crippen molar-refractivity contribution in [1.82, 2.24) is 0 Å². The van der Waals surface area contributed by atoms with E-state index in [-0.39, 0.29) is 5.25 Å². The maximum Gasteiger partial charge on any atom is 0.152 e. The Morgan fingerprint density at radius 2 is 1.64 bits per heavy atom. The lowest BCUT2D eigenvalue weighted by atomic mass is 10.0. The van der Waals surface area contributed by atoms with Gasteiger partial charge in [0.05, 0.1) is 11.0 Å². The quantitative estimate of drug-likeness (QED) is 0.447. The van der Waals surface area contributed by atoms with Gasteiger partial charge in [0.25, 0.3) is 0 Å². The van der Waals surface area contributed by atoms with Crippen molar-refractivity contribution in [2.75, 3.05) is 23.7 Å². The van der Waals surface area contributed by atoms with Crippen LogP contribution >= 0.6 is 0 Å². The average molecular weight is 364 g/mol. The first-order valence-corrected chi connectivity index (χ1v) is 11.3. The molecule has 2 rings (SSSR count). The fourth-order valence-electron chi connectivity index (χ4n) is 3.23. The van der Waals surface area contributed by atoms with Crippen molar-refractivity contribution in [3.05, 3.63) is 41.5 Å². The molecule has 25 heavy (non-hydrogen) atoms. The molecule has 1 heterocycles. The summed E-state index contributed by atoms with van der Waals surface area (Å²) in [7, 11) is -2.86. The van der Waals surface area contributed by atoms with E-state index in [1.165, 1.54) is 29.7 Å². The van der Waals surface area contributed by atoms with Crippen molar-refractivity contribution in [1.29, 1.82) is 0 Å². The highest BCUT2D eigenvalue weighted by Gasteiger charge is 2.14. The van der Waals surface area contributed by atoms with E-state index < -0.39 is 9.84 Å². The number of hydrogen-bond donors (Lipinski definition) is 0. The Kier molecular flexibility index (Phi) is 7.55. The Labute approximate surface area is 154 Å². The van der Waals surface area contributed by atoms with Gasteiger partial charge in [-0.2, -0.15) is 0 Å². The van der Waals surface area contributed by atoms with Crippen LogP contribution in [0, 0.1) is 6.92 Å². The molecule has 0 spiro atoms. The Hall–Kier alpha value is -1.29. The van der Waals surface area contributed by atoms with Crippen LogP contribution in [0.1, 0.15) is 57.1 Å². The molecule has 0 fully saturated rings. The lowest BCUT2D eigenvalue weighted by Crippen LogP contribution is -2.18. The molecule has 1 aromatic carbocycles. The fraction of sp³-hybridized carbons (Fsp3) is 0.619. The number of anilines is 1. The SMILES string of the molecule is Cc1cc(N2CC=CC2)ccc1CCCCCCCS(=O)(=O)C(C)C. The summed E-state index contributed by atoms with van der Waals surface area (Å²) in [5, 5.41) is -0.241. The highest BCUT2D eigenvalue weighted by Crippen LogP contribution is 2.22. The maximum absolute atomic E-state index is 11.8. The van der Waals surface area contributed by atoms with Crippen molar-refractivity contribution in [3.63, 3.8) is 0 Å². The Balaban J connectivity index is 1.65. The van der Waals surface area contributed by atoms with E-state index in [1.807, 2.05) is 0 Å². The van der Waals surface area contributed by atoms with Gasteiger partial charge in [0.15, 0.2) is 9.84 Å². The molecule has 0 atom stereocenters. The molecule has 1 aliphatic heterocycles. The van der Waals surface area contributed by atoms with Crippen LogP contribution < -0.4 is 4.90 Å². The number of rotatable bonds is 10. The highest BCUT2D eigenvalue weighted by molar-refractivity contribution is 7.91. The maximum atomic E-state index is 11.8. The molecule has 0 saturated heterocycles. The predicted octanol–water partition coefficient (Wildman–Crippen LogP) is 4.69. The molecule has 3 nitrogen and oxygen atoms in total. The first-order valence-electron chi connectivity index (χ1n) is 9.61. The lowest BCUT2D eigenvalue weighted by Gasteiger charge is -2.19. The summed E-state index contributed by atoms with van der Waals surface area (Å²) in [5.41, 5.74) is 4.14. The third-order valence-electron chi connectivity index (χ3n) is 5.10. The van der Waals surface area contributed by atoms with Crippen molar-refractivity contribution >= 4 is 15.5 Å². The van der Waals surface area contributed by atoms with Crippen LogP contribution in [-0.2, 0) is 16.3 Å². The van der Waals surface area contributed by atoms with Gasteiger partial charge in [-0.25, -0.2) is 8.42 Å². The van der Waals surface area contributed by atoms with E-state index in [4.69, 9.17) is 0 Å². The Morgan fingerprint density at radius 3 is 2.28 bits per heavy atom. The second kappa shape index (κ2) is 9.42. The second-order valence-electron chi connectivity index (χ2n) is 7.42. The second-order valence-corrected chi connectivity index (χ2v) is 10.1. The standard InChI is InChI=1S/C21H33NO2S/c1-18(2)25(23,24)16-10-6-4-5-7-11-20-12-13-21(17-19(20)3)22-14-8-9-15-22/h8-9,12-13,17-18H,4-7,10-11,14-16H2,1-3H3. The molecule has 0 saturated carbocycles. The third-order valence-corrected chi connectivity index (χ3v) is 7.40. The van der Waals surface area contributed by atoms with Gasteiger partial charge in [0.1, 0.15) is 0 Å². The van der Waals surface area contributed by atoms with Gasteiger partial charge < -0.3 is 4.90 Å². The van der Waals surface area contributed by atoms with Gasteiger partial charge >= 0.3 is 0 Å². The summed E-state index contributed by atoms with van der Waals surface area (Å²) in [4.78, 5) is 2.38. The van der Waals surface area contributed by atoms with Crippen LogP contribution in [-0.4, -0.2) is 32.5 Å². The zero-order valence-corrected chi connectivity index (χ0v) is 16.8. The highest BCUT2D eigenvalue weighted by atomic mass is 32.2. The van der Waals surface area contributed by atoms with Gasteiger partial charge in [0, 0.05) is 18.8 Å². The van der Waals surface area contributed by atoms with Crippen LogP contribution in [0.3, 0.4) is 0 Å². The van der Waals surface area contributed by atoms with E-state index in [0.717, 1.165) is 38.8 Å².